The first-order chi connectivity index (χ1) is 10.1. The summed E-state index contributed by atoms with van der Waals surface area (Å²) < 4.78 is 10.7. The zero-order chi connectivity index (χ0) is 14.8. The van der Waals surface area contributed by atoms with Crippen LogP contribution in [0.15, 0.2) is 12.1 Å². The number of ether oxygens (including phenoxy) is 2. The summed E-state index contributed by atoms with van der Waals surface area (Å²) in [7, 11) is 0. The van der Waals surface area contributed by atoms with Crippen molar-refractivity contribution >= 4 is 17.6 Å². The molecule has 0 saturated carbocycles. The molecule has 1 aromatic rings. The summed E-state index contributed by atoms with van der Waals surface area (Å²) in [5, 5.41) is 9.70. The average Bonchev–Trinajstić information content (AvgIpc) is 2.94. The smallest absolute Gasteiger partial charge is 0.305 e. The number of hydrogen-bond donors (Lipinski definition) is 1. The third kappa shape index (κ3) is 3.09. The SMILES string of the molecule is O=C(O)CC(c1cc(Cl)c2c(c1)OCO2)N1CCCCC1. The van der Waals surface area contributed by atoms with Gasteiger partial charge in [-0.25, -0.2) is 0 Å². The lowest BCUT2D eigenvalue weighted by atomic mass is 9.98. The van der Waals surface area contributed by atoms with Gasteiger partial charge >= 0.3 is 5.97 Å². The van der Waals surface area contributed by atoms with E-state index in [9.17, 15) is 9.90 Å². The molecular formula is C15H18ClNO4. The third-order valence-electron chi connectivity index (χ3n) is 4.03. The van der Waals surface area contributed by atoms with Gasteiger partial charge in [0.15, 0.2) is 11.5 Å². The molecule has 2 aliphatic heterocycles. The molecule has 0 bridgehead atoms. The standard InChI is InChI=1S/C15H18ClNO4/c16-11-6-10(7-13-15(11)21-9-20-13)12(8-14(18)19)17-4-2-1-3-5-17/h6-7,12H,1-5,8-9H2,(H,18,19). The van der Waals surface area contributed by atoms with Crippen LogP contribution >= 0.6 is 11.6 Å². The first-order valence-electron chi connectivity index (χ1n) is 7.20. The van der Waals surface area contributed by atoms with Crippen LogP contribution in [0, 0.1) is 0 Å². The molecule has 21 heavy (non-hydrogen) atoms. The second kappa shape index (κ2) is 6.12. The second-order valence-corrected chi connectivity index (χ2v) is 5.85. The number of fused-ring (bicyclic) bond motifs is 1. The van der Waals surface area contributed by atoms with Crippen LogP contribution < -0.4 is 9.47 Å². The lowest BCUT2D eigenvalue weighted by Crippen LogP contribution is -2.35. The molecule has 0 spiro atoms. The summed E-state index contributed by atoms with van der Waals surface area (Å²) in [5.74, 6) is 0.345. The maximum atomic E-state index is 11.2. The Bertz CT molecular complexity index is 543. The minimum atomic E-state index is -0.806. The summed E-state index contributed by atoms with van der Waals surface area (Å²) in [6, 6.07) is 3.49. The Balaban J connectivity index is 1.91. The molecular weight excluding hydrogens is 294 g/mol. The van der Waals surface area contributed by atoms with Gasteiger partial charge in [0.1, 0.15) is 0 Å². The van der Waals surface area contributed by atoms with Crippen molar-refractivity contribution in [1.29, 1.82) is 0 Å². The van der Waals surface area contributed by atoms with Crippen LogP contribution in [0.4, 0.5) is 0 Å². The molecule has 1 unspecified atom stereocenters. The van der Waals surface area contributed by atoms with E-state index in [-0.39, 0.29) is 19.3 Å². The summed E-state index contributed by atoms with van der Waals surface area (Å²) in [6.45, 7) is 2.00. The van der Waals surface area contributed by atoms with Gasteiger partial charge in [-0.15, -0.1) is 0 Å². The summed E-state index contributed by atoms with van der Waals surface area (Å²) >= 11 is 6.22. The molecule has 1 N–H and O–H groups in total. The minimum absolute atomic E-state index is 0.0654. The van der Waals surface area contributed by atoms with Crippen LogP contribution in [0.2, 0.25) is 5.02 Å². The van der Waals surface area contributed by atoms with E-state index >= 15 is 0 Å². The summed E-state index contributed by atoms with van der Waals surface area (Å²) in [6.07, 6.45) is 3.48. The van der Waals surface area contributed by atoms with Gasteiger partial charge in [0.2, 0.25) is 6.79 Å². The normalized spacial score (nSPS) is 19.5. The molecule has 0 aliphatic carbocycles. The van der Waals surface area contributed by atoms with E-state index in [1.165, 1.54) is 6.42 Å². The molecule has 0 amide bonds. The Morgan fingerprint density at radius 3 is 2.76 bits per heavy atom. The lowest BCUT2D eigenvalue weighted by molar-refractivity contribution is -0.138. The Labute approximate surface area is 128 Å². The minimum Gasteiger partial charge on any atom is -0.481 e. The quantitative estimate of drug-likeness (QED) is 0.926. The molecule has 5 nitrogen and oxygen atoms in total. The predicted octanol–water partition coefficient (Wildman–Crippen LogP) is 3.07. The molecule has 6 heteroatoms. The number of benzene rings is 1. The van der Waals surface area contributed by atoms with Crippen molar-refractivity contribution in [3.63, 3.8) is 0 Å². The average molecular weight is 312 g/mol. The van der Waals surface area contributed by atoms with Crippen molar-refractivity contribution in [2.24, 2.45) is 0 Å². The van der Waals surface area contributed by atoms with E-state index < -0.39 is 5.97 Å². The lowest BCUT2D eigenvalue weighted by Gasteiger charge is -2.34. The van der Waals surface area contributed by atoms with Gasteiger partial charge in [0.25, 0.3) is 0 Å². The van der Waals surface area contributed by atoms with E-state index in [1.54, 1.807) is 6.07 Å². The van der Waals surface area contributed by atoms with Crippen molar-refractivity contribution in [2.75, 3.05) is 19.9 Å². The number of carbonyl (C=O) groups is 1. The molecule has 0 aromatic heterocycles. The second-order valence-electron chi connectivity index (χ2n) is 5.45. The Morgan fingerprint density at radius 1 is 1.29 bits per heavy atom. The number of carboxylic acid groups (broad SMARTS) is 1. The van der Waals surface area contributed by atoms with Gasteiger partial charge in [-0.1, -0.05) is 18.0 Å². The van der Waals surface area contributed by atoms with Gasteiger partial charge in [-0.3, -0.25) is 9.69 Å². The topological polar surface area (TPSA) is 59.0 Å². The molecule has 3 rings (SSSR count). The highest BCUT2D eigenvalue weighted by molar-refractivity contribution is 6.32. The van der Waals surface area contributed by atoms with Gasteiger partial charge < -0.3 is 14.6 Å². The molecule has 1 aromatic carbocycles. The third-order valence-corrected chi connectivity index (χ3v) is 4.31. The van der Waals surface area contributed by atoms with Crippen molar-refractivity contribution in [1.82, 2.24) is 4.90 Å². The summed E-state index contributed by atoms with van der Waals surface area (Å²) in [5.41, 5.74) is 0.883. The molecule has 1 saturated heterocycles. The van der Waals surface area contributed by atoms with Crippen molar-refractivity contribution in [3.8, 4) is 11.5 Å². The number of halogens is 1. The molecule has 1 fully saturated rings. The fraction of sp³-hybridized carbons (Fsp3) is 0.533. The van der Waals surface area contributed by atoms with E-state index in [4.69, 9.17) is 21.1 Å². The van der Waals surface area contributed by atoms with E-state index in [0.29, 0.717) is 16.5 Å². The maximum absolute atomic E-state index is 11.2. The van der Waals surface area contributed by atoms with E-state index in [0.717, 1.165) is 31.5 Å². The first-order valence-corrected chi connectivity index (χ1v) is 7.58. The van der Waals surface area contributed by atoms with Crippen LogP contribution in [0.3, 0.4) is 0 Å². The monoisotopic (exact) mass is 311 g/mol. The van der Waals surface area contributed by atoms with Gasteiger partial charge in [-0.2, -0.15) is 0 Å². The van der Waals surface area contributed by atoms with E-state index in [2.05, 4.69) is 4.90 Å². The fourth-order valence-corrected chi connectivity index (χ4v) is 3.31. The van der Waals surface area contributed by atoms with Gasteiger partial charge in [-0.05, 0) is 43.6 Å². The highest BCUT2D eigenvalue weighted by Crippen LogP contribution is 2.42. The Morgan fingerprint density at radius 2 is 2.05 bits per heavy atom. The zero-order valence-electron chi connectivity index (χ0n) is 11.7. The molecule has 2 aliphatic rings. The maximum Gasteiger partial charge on any atom is 0.305 e. The number of piperidine rings is 1. The van der Waals surface area contributed by atoms with Crippen LogP contribution in [0.5, 0.6) is 11.5 Å². The molecule has 2 heterocycles. The Hall–Kier alpha value is -1.46. The number of rotatable bonds is 4. The highest BCUT2D eigenvalue weighted by atomic mass is 35.5. The zero-order valence-corrected chi connectivity index (χ0v) is 12.4. The number of hydrogen-bond acceptors (Lipinski definition) is 4. The predicted molar refractivity (Wildman–Crippen MR) is 78.0 cm³/mol. The van der Waals surface area contributed by atoms with Gasteiger partial charge in [0.05, 0.1) is 11.4 Å². The van der Waals surface area contributed by atoms with Crippen molar-refractivity contribution in [3.05, 3.63) is 22.7 Å². The molecule has 114 valence electrons. The molecule has 1 atom stereocenters. The number of nitrogens with zero attached hydrogens (tertiary/aromatic N) is 1. The van der Waals surface area contributed by atoms with Crippen LogP contribution in [0.1, 0.15) is 37.3 Å². The molecule has 0 radical (unpaired) electrons. The number of carboxylic acids is 1. The first kappa shape index (κ1) is 14.5. The number of aliphatic carboxylic acids is 1. The largest absolute Gasteiger partial charge is 0.481 e. The Kier molecular flexibility index (Phi) is 4.22. The summed E-state index contributed by atoms with van der Waals surface area (Å²) in [4.78, 5) is 13.5. The number of likely N-dealkylation sites (tertiary alicyclic amines) is 1. The van der Waals surface area contributed by atoms with Gasteiger partial charge in [0, 0.05) is 6.04 Å². The van der Waals surface area contributed by atoms with Crippen LogP contribution in [-0.2, 0) is 4.79 Å². The fourth-order valence-electron chi connectivity index (χ4n) is 3.03. The van der Waals surface area contributed by atoms with Crippen LogP contribution in [-0.4, -0.2) is 35.9 Å². The van der Waals surface area contributed by atoms with Crippen molar-refractivity contribution < 1.29 is 19.4 Å². The van der Waals surface area contributed by atoms with E-state index in [1.807, 2.05) is 6.07 Å². The van der Waals surface area contributed by atoms with Crippen LogP contribution in [0.25, 0.3) is 0 Å². The highest BCUT2D eigenvalue weighted by Gasteiger charge is 2.28. The van der Waals surface area contributed by atoms with Crippen molar-refractivity contribution in [2.45, 2.75) is 31.7 Å².